The Morgan fingerprint density at radius 2 is 1.55 bits per heavy atom. The molecule has 29 heavy (non-hydrogen) atoms. The number of carboxylic acid groups (broad SMARTS) is 1. The molecule has 0 spiro atoms. The zero-order chi connectivity index (χ0) is 21.3. The highest BCUT2D eigenvalue weighted by Crippen LogP contribution is 2.34. The number of halogens is 3. The molecule has 0 fully saturated rings. The summed E-state index contributed by atoms with van der Waals surface area (Å²) in [6, 6.07) is 8.04. The number of carboxylic acids is 1. The number of allylic oxidation sites excluding steroid dienone is 3. The summed E-state index contributed by atoms with van der Waals surface area (Å²) in [5, 5.41) is 9.30. The molecule has 2 aromatic rings. The molecule has 3 rings (SSSR count). The Labute approximate surface area is 167 Å². The number of rotatable bonds is 3. The average Bonchev–Trinajstić information content (AvgIpc) is 2.72. The highest BCUT2D eigenvalue weighted by molar-refractivity contribution is 7.28. The minimum absolute atomic E-state index is 0.0667. The number of carbonyl (C=O) groups is 1. The lowest BCUT2D eigenvalue weighted by molar-refractivity contribution is -0.132. The highest BCUT2D eigenvalue weighted by Gasteiger charge is 2.30. The van der Waals surface area contributed by atoms with Gasteiger partial charge in [-0.05, 0) is 23.3 Å². The summed E-state index contributed by atoms with van der Waals surface area (Å²) in [4.78, 5) is 19.4. The number of benzene rings is 2. The van der Waals surface area contributed by atoms with Crippen LogP contribution in [0.2, 0.25) is 0 Å². The number of aliphatic carboxylic acids is 1. The Kier molecular flexibility index (Phi) is 5.80. The lowest BCUT2D eigenvalue weighted by Gasteiger charge is -2.19. The van der Waals surface area contributed by atoms with Gasteiger partial charge >= 0.3 is 5.97 Å². The molecule has 0 amide bonds. The molecular formula is C21H16F3N2O2P. The van der Waals surface area contributed by atoms with Crippen molar-refractivity contribution in [3.63, 3.8) is 0 Å². The molecule has 0 saturated carbocycles. The molecule has 0 aromatic heterocycles. The van der Waals surface area contributed by atoms with Crippen molar-refractivity contribution < 1.29 is 23.1 Å². The second-order valence-corrected chi connectivity index (χ2v) is 6.69. The predicted molar refractivity (Wildman–Crippen MR) is 112 cm³/mol. The van der Waals surface area contributed by atoms with Crippen LogP contribution in [0.4, 0.5) is 13.2 Å². The van der Waals surface area contributed by atoms with E-state index in [1.807, 2.05) is 0 Å². The Balaban J connectivity index is 2.30. The summed E-state index contributed by atoms with van der Waals surface area (Å²) >= 11 is 0. The van der Waals surface area contributed by atoms with Crippen molar-refractivity contribution in [2.45, 2.75) is 0 Å². The van der Waals surface area contributed by atoms with E-state index >= 15 is 4.39 Å². The van der Waals surface area contributed by atoms with Crippen LogP contribution in [0.25, 0.3) is 16.7 Å². The Morgan fingerprint density at radius 1 is 0.931 bits per heavy atom. The van der Waals surface area contributed by atoms with E-state index in [1.165, 1.54) is 20.2 Å². The SMILES string of the molecule is CN=C1C=C(c2c(F)c(F)c(-c3ccccc3)c(P)c2F)C=C(C(=O)O)C1=NC. The summed E-state index contributed by atoms with van der Waals surface area (Å²) in [5.41, 5.74) is -0.809. The molecule has 8 heteroatoms. The van der Waals surface area contributed by atoms with Crippen molar-refractivity contribution >= 4 is 37.5 Å². The van der Waals surface area contributed by atoms with Gasteiger partial charge in [0.25, 0.3) is 0 Å². The number of aliphatic imine (C=N–C) groups is 2. The van der Waals surface area contributed by atoms with Gasteiger partial charge in [-0.1, -0.05) is 30.3 Å². The predicted octanol–water partition coefficient (Wildman–Crippen LogP) is 3.82. The third-order valence-corrected chi connectivity index (χ3v) is 5.03. The third-order valence-electron chi connectivity index (χ3n) is 4.49. The van der Waals surface area contributed by atoms with Gasteiger partial charge in [-0.25, -0.2) is 18.0 Å². The molecule has 4 nitrogen and oxygen atoms in total. The maximum absolute atomic E-state index is 15.2. The van der Waals surface area contributed by atoms with Gasteiger partial charge in [-0.3, -0.25) is 9.98 Å². The topological polar surface area (TPSA) is 62.0 Å². The minimum atomic E-state index is -1.41. The first-order valence-electron chi connectivity index (χ1n) is 8.44. The number of nitrogens with zero attached hydrogens (tertiary/aromatic N) is 2. The van der Waals surface area contributed by atoms with Crippen LogP contribution in [-0.2, 0) is 4.79 Å². The van der Waals surface area contributed by atoms with Crippen LogP contribution in [0.3, 0.4) is 0 Å². The molecule has 1 unspecified atom stereocenters. The zero-order valence-electron chi connectivity index (χ0n) is 15.5. The second kappa shape index (κ2) is 8.13. The molecule has 1 aliphatic carbocycles. The summed E-state index contributed by atoms with van der Waals surface area (Å²) in [6.45, 7) is 0. The van der Waals surface area contributed by atoms with E-state index in [0.29, 0.717) is 5.56 Å². The lowest BCUT2D eigenvalue weighted by atomic mass is 9.89. The van der Waals surface area contributed by atoms with Crippen LogP contribution in [0, 0.1) is 17.5 Å². The lowest BCUT2D eigenvalue weighted by Crippen LogP contribution is -2.25. The highest BCUT2D eigenvalue weighted by atomic mass is 31.0. The first-order valence-corrected chi connectivity index (χ1v) is 9.02. The van der Waals surface area contributed by atoms with E-state index in [1.54, 1.807) is 30.3 Å². The monoisotopic (exact) mass is 416 g/mol. The summed E-state index contributed by atoms with van der Waals surface area (Å²) in [5.74, 6) is -4.99. The van der Waals surface area contributed by atoms with E-state index in [4.69, 9.17) is 0 Å². The first-order chi connectivity index (χ1) is 13.8. The number of hydrogen-bond acceptors (Lipinski definition) is 3. The smallest absolute Gasteiger partial charge is 0.337 e. The quantitative estimate of drug-likeness (QED) is 0.470. The van der Waals surface area contributed by atoms with Gasteiger partial charge in [-0.2, -0.15) is 0 Å². The molecule has 2 aromatic carbocycles. The van der Waals surface area contributed by atoms with E-state index < -0.39 is 29.0 Å². The van der Waals surface area contributed by atoms with Crippen molar-refractivity contribution in [2.24, 2.45) is 9.98 Å². The molecule has 0 radical (unpaired) electrons. The maximum atomic E-state index is 15.2. The number of hydrogen-bond donors (Lipinski definition) is 1. The molecule has 1 N–H and O–H groups in total. The van der Waals surface area contributed by atoms with Gasteiger partial charge in [0.1, 0.15) is 5.82 Å². The molecule has 0 aliphatic heterocycles. The Morgan fingerprint density at radius 3 is 2.10 bits per heavy atom. The van der Waals surface area contributed by atoms with Gasteiger partial charge in [0.2, 0.25) is 0 Å². The normalized spacial score (nSPS) is 16.8. The largest absolute Gasteiger partial charge is 0.478 e. The van der Waals surface area contributed by atoms with Crippen LogP contribution in [-0.4, -0.2) is 36.6 Å². The molecule has 0 saturated heterocycles. The second-order valence-electron chi connectivity index (χ2n) is 6.12. The van der Waals surface area contributed by atoms with Crippen LogP contribution < -0.4 is 5.30 Å². The van der Waals surface area contributed by atoms with Crippen LogP contribution in [0.15, 0.2) is 58.0 Å². The Hall–Kier alpha value is -3.05. The first kappa shape index (κ1) is 20.7. The van der Waals surface area contributed by atoms with E-state index in [9.17, 15) is 18.7 Å². The van der Waals surface area contributed by atoms with Crippen molar-refractivity contribution in [1.29, 1.82) is 0 Å². The standard InChI is InChI=1S/C21H16F3N2O2P/c1-25-13-9-11(8-12(21(27)28)19(13)26-2)14-16(22)17(23)15(20(29)18(14)24)10-6-4-3-5-7-10/h3-9H,29H2,1-2H3,(H,27,28). The summed E-state index contributed by atoms with van der Waals surface area (Å²) in [6.07, 6.45) is 2.34. The van der Waals surface area contributed by atoms with Crippen molar-refractivity contribution in [2.75, 3.05) is 14.1 Å². The fraction of sp³-hybridized carbons (Fsp3) is 0.0952. The Bertz CT molecular complexity index is 1110. The molecule has 1 aliphatic rings. The van der Waals surface area contributed by atoms with Gasteiger partial charge in [0.05, 0.1) is 22.6 Å². The van der Waals surface area contributed by atoms with Crippen LogP contribution >= 0.6 is 9.24 Å². The maximum Gasteiger partial charge on any atom is 0.337 e. The fourth-order valence-electron chi connectivity index (χ4n) is 3.15. The van der Waals surface area contributed by atoms with Crippen molar-refractivity contribution in [1.82, 2.24) is 0 Å². The minimum Gasteiger partial charge on any atom is -0.478 e. The van der Waals surface area contributed by atoms with Gasteiger partial charge in [-0.15, -0.1) is 9.24 Å². The van der Waals surface area contributed by atoms with Gasteiger partial charge in [0, 0.05) is 25.0 Å². The van der Waals surface area contributed by atoms with Crippen molar-refractivity contribution in [3.05, 3.63) is 71.1 Å². The van der Waals surface area contributed by atoms with Crippen molar-refractivity contribution in [3.8, 4) is 11.1 Å². The molecule has 1 atom stereocenters. The van der Waals surface area contributed by atoms with E-state index in [-0.39, 0.29) is 33.4 Å². The van der Waals surface area contributed by atoms with Crippen LogP contribution in [0.5, 0.6) is 0 Å². The van der Waals surface area contributed by atoms with Crippen LogP contribution in [0.1, 0.15) is 5.56 Å². The molecular weight excluding hydrogens is 400 g/mol. The van der Waals surface area contributed by atoms with Gasteiger partial charge in [0.15, 0.2) is 11.6 Å². The fourth-order valence-corrected chi connectivity index (χ4v) is 3.59. The summed E-state index contributed by atoms with van der Waals surface area (Å²) < 4.78 is 45.1. The van der Waals surface area contributed by atoms with E-state index in [0.717, 1.165) is 6.08 Å². The zero-order valence-corrected chi connectivity index (χ0v) is 16.7. The summed E-state index contributed by atoms with van der Waals surface area (Å²) in [7, 11) is 4.87. The third kappa shape index (κ3) is 3.54. The van der Waals surface area contributed by atoms with E-state index in [2.05, 4.69) is 19.2 Å². The van der Waals surface area contributed by atoms with Gasteiger partial charge < -0.3 is 5.11 Å². The molecule has 0 heterocycles. The molecule has 0 bridgehead atoms. The molecule has 148 valence electrons. The average molecular weight is 416 g/mol.